The largest absolute Gasteiger partial charge is 0.465 e. The van der Waals surface area contributed by atoms with Gasteiger partial charge in [0.05, 0.1) is 24.0 Å². The Balaban J connectivity index is 2.34. The summed E-state index contributed by atoms with van der Waals surface area (Å²) in [5.74, 6) is -0.351. The maximum atomic E-state index is 13.1. The number of unbranched alkanes of at least 4 members (excludes halogenated alkanes) is 2. The first-order chi connectivity index (χ1) is 11.8. The minimum atomic E-state index is -0.849. The number of allylic oxidation sites excluding steroid dienone is 2. The van der Waals surface area contributed by atoms with Crippen LogP contribution in [0.25, 0.3) is 0 Å². The van der Waals surface area contributed by atoms with E-state index >= 15 is 0 Å². The van der Waals surface area contributed by atoms with Gasteiger partial charge in [-0.25, -0.2) is 0 Å². The number of fused-ring (bicyclic) bond motifs is 2. The lowest BCUT2D eigenvalue weighted by atomic mass is 9.56. The topological polar surface area (TPSA) is 52.6 Å². The van der Waals surface area contributed by atoms with Crippen LogP contribution < -0.4 is 0 Å². The van der Waals surface area contributed by atoms with Crippen LogP contribution in [0.4, 0.5) is 0 Å². The zero-order chi connectivity index (χ0) is 18.8. The minimum absolute atomic E-state index is 0.0651. The Kier molecular flexibility index (Phi) is 6.01. The first-order valence-electron chi connectivity index (χ1n) is 9.78. The van der Waals surface area contributed by atoms with Crippen molar-refractivity contribution in [1.82, 2.24) is 0 Å². The molecular weight excluding hydrogens is 316 g/mol. The fraction of sp³-hybridized carbons (Fsp3) is 0.810. The number of rotatable bonds is 8. The zero-order valence-corrected chi connectivity index (χ0v) is 16.7. The van der Waals surface area contributed by atoms with Crippen molar-refractivity contribution in [2.24, 2.45) is 22.7 Å². The average Bonchev–Trinajstić information content (AvgIpc) is 3.02. The van der Waals surface area contributed by atoms with Gasteiger partial charge in [-0.05, 0) is 58.8 Å². The predicted molar refractivity (Wildman–Crippen MR) is 97.9 cm³/mol. The molecule has 0 aromatic carbocycles. The maximum absolute atomic E-state index is 13.1. The Bertz CT molecular complexity index is 516. The average molecular weight is 350 g/mol. The van der Waals surface area contributed by atoms with E-state index in [1.54, 1.807) is 0 Å². The van der Waals surface area contributed by atoms with E-state index in [4.69, 9.17) is 9.47 Å². The summed E-state index contributed by atoms with van der Waals surface area (Å²) < 4.78 is 11.2. The summed E-state index contributed by atoms with van der Waals surface area (Å²) in [6, 6.07) is 0. The third-order valence-electron chi connectivity index (χ3n) is 6.92. The molecule has 0 aromatic rings. The van der Waals surface area contributed by atoms with Gasteiger partial charge in [0.15, 0.2) is 0 Å². The highest BCUT2D eigenvalue weighted by Gasteiger charge is 2.72. The van der Waals surface area contributed by atoms with Crippen molar-refractivity contribution in [2.45, 2.75) is 73.6 Å². The number of carbonyl (C=O) groups excluding carboxylic acids is 2. The molecule has 0 spiro atoms. The molecule has 25 heavy (non-hydrogen) atoms. The molecule has 4 heteroatoms. The van der Waals surface area contributed by atoms with Crippen LogP contribution in [0.5, 0.6) is 0 Å². The second kappa shape index (κ2) is 7.51. The van der Waals surface area contributed by atoms with Crippen molar-refractivity contribution in [1.29, 1.82) is 0 Å². The van der Waals surface area contributed by atoms with Gasteiger partial charge in [-0.1, -0.05) is 37.8 Å². The second-order valence-corrected chi connectivity index (χ2v) is 8.09. The van der Waals surface area contributed by atoms with Gasteiger partial charge < -0.3 is 9.47 Å². The summed E-state index contributed by atoms with van der Waals surface area (Å²) in [7, 11) is 0. The molecule has 0 saturated heterocycles. The highest BCUT2D eigenvalue weighted by molar-refractivity contribution is 5.91. The van der Waals surface area contributed by atoms with Gasteiger partial charge in [0.1, 0.15) is 0 Å². The Morgan fingerprint density at radius 1 is 0.880 bits per heavy atom. The molecule has 0 N–H and O–H groups in total. The van der Waals surface area contributed by atoms with Crippen LogP contribution in [-0.2, 0) is 19.1 Å². The monoisotopic (exact) mass is 350 g/mol. The standard InChI is InChI=1S/C21H34O4/c1-7-9-11-24-18(22)20(5)16-13-17(15(4)14(16)3)21(20,6)19(23)25-12-10-8-2/h16-17H,7-13H2,1-6H3/t16-,17-,20?,21?/m0/s1. The van der Waals surface area contributed by atoms with Crippen LogP contribution in [0, 0.1) is 22.7 Å². The van der Waals surface area contributed by atoms with Crippen molar-refractivity contribution < 1.29 is 19.1 Å². The molecule has 2 aliphatic carbocycles. The van der Waals surface area contributed by atoms with Crippen LogP contribution in [0.3, 0.4) is 0 Å². The molecule has 2 bridgehead atoms. The summed E-state index contributed by atoms with van der Waals surface area (Å²) in [6.07, 6.45) is 4.49. The van der Waals surface area contributed by atoms with Crippen LogP contribution >= 0.6 is 0 Å². The Morgan fingerprint density at radius 3 is 1.56 bits per heavy atom. The van der Waals surface area contributed by atoms with Gasteiger partial charge in [0, 0.05) is 0 Å². The number of hydrogen-bond acceptors (Lipinski definition) is 4. The van der Waals surface area contributed by atoms with Crippen molar-refractivity contribution in [3.63, 3.8) is 0 Å². The van der Waals surface area contributed by atoms with E-state index in [0.29, 0.717) is 13.2 Å². The molecule has 0 amide bonds. The van der Waals surface area contributed by atoms with Crippen LogP contribution in [0.15, 0.2) is 11.1 Å². The Labute approximate surface area is 152 Å². The second-order valence-electron chi connectivity index (χ2n) is 8.09. The molecule has 1 saturated carbocycles. The molecule has 2 unspecified atom stereocenters. The normalized spacial score (nSPS) is 33.7. The molecule has 4 atom stereocenters. The van der Waals surface area contributed by atoms with E-state index in [2.05, 4.69) is 27.7 Å². The van der Waals surface area contributed by atoms with Crippen molar-refractivity contribution in [3.8, 4) is 0 Å². The Hall–Kier alpha value is -1.32. The zero-order valence-electron chi connectivity index (χ0n) is 16.7. The van der Waals surface area contributed by atoms with E-state index in [1.165, 1.54) is 11.1 Å². The molecular formula is C21H34O4. The van der Waals surface area contributed by atoms with Crippen LogP contribution in [0.2, 0.25) is 0 Å². The smallest absolute Gasteiger partial charge is 0.313 e. The highest BCUT2D eigenvalue weighted by atomic mass is 16.5. The van der Waals surface area contributed by atoms with Crippen LogP contribution in [-0.4, -0.2) is 25.2 Å². The third-order valence-corrected chi connectivity index (χ3v) is 6.92. The van der Waals surface area contributed by atoms with Crippen molar-refractivity contribution in [2.75, 3.05) is 13.2 Å². The maximum Gasteiger partial charge on any atom is 0.313 e. The van der Waals surface area contributed by atoms with E-state index in [0.717, 1.165) is 32.1 Å². The number of ether oxygens (including phenoxy) is 2. The summed E-state index contributed by atoms with van der Waals surface area (Å²) in [5, 5.41) is 0. The summed E-state index contributed by atoms with van der Waals surface area (Å²) >= 11 is 0. The Morgan fingerprint density at radius 2 is 1.24 bits per heavy atom. The SMILES string of the molecule is CCCCOC(=O)C1(C)[C@H]2C[C@@H](C(C)=C2C)C1(C)C(=O)OCCCC. The molecule has 4 nitrogen and oxygen atoms in total. The van der Waals surface area contributed by atoms with Gasteiger partial charge >= 0.3 is 11.9 Å². The summed E-state index contributed by atoms with van der Waals surface area (Å²) in [6.45, 7) is 13.0. The lowest BCUT2D eigenvalue weighted by Gasteiger charge is -2.46. The van der Waals surface area contributed by atoms with Crippen LogP contribution in [0.1, 0.15) is 73.6 Å². The predicted octanol–water partition coefficient (Wildman–Crippen LogP) is 4.67. The third kappa shape index (κ3) is 2.92. The first-order valence-corrected chi connectivity index (χ1v) is 9.78. The molecule has 0 aliphatic heterocycles. The van der Waals surface area contributed by atoms with Gasteiger partial charge in [0.2, 0.25) is 0 Å². The molecule has 0 radical (unpaired) electrons. The lowest BCUT2D eigenvalue weighted by molar-refractivity contribution is -0.181. The van der Waals surface area contributed by atoms with E-state index in [1.807, 2.05) is 13.8 Å². The van der Waals surface area contributed by atoms with Crippen molar-refractivity contribution >= 4 is 11.9 Å². The lowest BCUT2D eigenvalue weighted by Crippen LogP contribution is -2.54. The highest BCUT2D eigenvalue weighted by Crippen LogP contribution is 2.68. The van der Waals surface area contributed by atoms with Gasteiger partial charge in [-0.3, -0.25) is 9.59 Å². The summed E-state index contributed by atoms with van der Waals surface area (Å²) in [5.41, 5.74) is 0.800. The number of esters is 2. The molecule has 142 valence electrons. The van der Waals surface area contributed by atoms with E-state index in [9.17, 15) is 9.59 Å². The molecule has 1 fully saturated rings. The number of hydrogen-bond donors (Lipinski definition) is 0. The fourth-order valence-electron chi connectivity index (χ4n) is 4.83. The summed E-state index contributed by atoms with van der Waals surface area (Å²) in [4.78, 5) is 26.2. The van der Waals surface area contributed by atoms with Gasteiger partial charge in [0.25, 0.3) is 0 Å². The minimum Gasteiger partial charge on any atom is -0.465 e. The molecule has 0 aromatic heterocycles. The quantitative estimate of drug-likeness (QED) is 0.362. The van der Waals surface area contributed by atoms with Gasteiger partial charge in [-0.15, -0.1) is 0 Å². The first kappa shape index (κ1) is 20.0. The van der Waals surface area contributed by atoms with Crippen molar-refractivity contribution in [3.05, 3.63) is 11.1 Å². The fourth-order valence-corrected chi connectivity index (χ4v) is 4.83. The van der Waals surface area contributed by atoms with E-state index < -0.39 is 10.8 Å². The molecule has 2 aliphatic rings. The van der Waals surface area contributed by atoms with E-state index in [-0.39, 0.29) is 23.8 Å². The molecule has 0 heterocycles. The molecule has 2 rings (SSSR count). The number of carbonyl (C=O) groups is 2. The van der Waals surface area contributed by atoms with Gasteiger partial charge in [-0.2, -0.15) is 0 Å².